The van der Waals surface area contributed by atoms with Crippen molar-refractivity contribution in [2.75, 3.05) is 0 Å². The number of rotatable bonds is 3. The molecule has 3 nitrogen and oxygen atoms in total. The average molecular weight is 215 g/mol. The van der Waals surface area contributed by atoms with Gasteiger partial charge in [-0.25, -0.2) is 4.98 Å². The molecule has 1 aliphatic carbocycles. The van der Waals surface area contributed by atoms with E-state index in [4.69, 9.17) is 5.73 Å². The van der Waals surface area contributed by atoms with Crippen LogP contribution < -0.4 is 5.73 Å². The molecule has 0 atom stereocenters. The van der Waals surface area contributed by atoms with Gasteiger partial charge in [0.15, 0.2) is 0 Å². The Balaban J connectivity index is 1.81. The van der Waals surface area contributed by atoms with Crippen molar-refractivity contribution in [3.8, 4) is 0 Å². The highest BCUT2D eigenvalue weighted by Gasteiger charge is 2.37. The minimum Gasteiger partial charge on any atom is -0.325 e. The summed E-state index contributed by atoms with van der Waals surface area (Å²) in [6.45, 7) is 2.02. The second-order valence-corrected chi connectivity index (χ2v) is 5.05. The molecule has 0 amide bonds. The molecule has 0 spiro atoms. The van der Waals surface area contributed by atoms with Crippen LogP contribution in [0.25, 0.3) is 5.65 Å². The fourth-order valence-corrected chi connectivity index (χ4v) is 2.12. The highest BCUT2D eigenvalue weighted by Crippen LogP contribution is 2.36. The summed E-state index contributed by atoms with van der Waals surface area (Å²) in [5.74, 6) is 0. The van der Waals surface area contributed by atoms with Crippen LogP contribution in [-0.4, -0.2) is 14.9 Å². The fraction of sp³-hybridized carbons (Fsp3) is 0.462. The Hall–Kier alpha value is -1.35. The number of hydrogen-bond donors (Lipinski definition) is 1. The molecule has 1 aliphatic rings. The molecule has 2 aromatic rings. The van der Waals surface area contributed by atoms with E-state index in [9.17, 15) is 0 Å². The largest absolute Gasteiger partial charge is 0.325 e. The van der Waals surface area contributed by atoms with Crippen molar-refractivity contribution in [3.05, 3.63) is 35.8 Å². The van der Waals surface area contributed by atoms with Crippen LogP contribution in [-0.2, 0) is 6.42 Å². The van der Waals surface area contributed by atoms with E-state index in [0.29, 0.717) is 0 Å². The smallest absolute Gasteiger partial charge is 0.136 e. The number of nitrogens with zero attached hydrogens (tertiary/aromatic N) is 2. The summed E-state index contributed by atoms with van der Waals surface area (Å²) in [4.78, 5) is 4.41. The van der Waals surface area contributed by atoms with Crippen LogP contribution in [0.15, 0.2) is 24.5 Å². The predicted molar refractivity (Wildman–Crippen MR) is 64.4 cm³/mol. The zero-order valence-corrected chi connectivity index (χ0v) is 9.61. The van der Waals surface area contributed by atoms with Crippen LogP contribution in [0, 0.1) is 6.92 Å². The Labute approximate surface area is 95.3 Å². The Bertz CT molecular complexity index is 523. The maximum atomic E-state index is 6.09. The number of pyridine rings is 1. The second kappa shape index (κ2) is 3.32. The average Bonchev–Trinajstić information content (AvgIpc) is 2.87. The quantitative estimate of drug-likeness (QED) is 0.851. The standard InChI is InChI=1S/C13H17N3/c1-10-8-16-9-11(2-3-12(16)15-10)4-5-13(14)6-7-13/h2-3,8-9H,4-7,14H2,1H3. The van der Waals surface area contributed by atoms with Crippen molar-refractivity contribution in [3.63, 3.8) is 0 Å². The van der Waals surface area contributed by atoms with Gasteiger partial charge < -0.3 is 10.1 Å². The molecule has 3 heteroatoms. The van der Waals surface area contributed by atoms with Crippen molar-refractivity contribution in [1.29, 1.82) is 0 Å². The van der Waals surface area contributed by atoms with E-state index in [1.165, 1.54) is 18.4 Å². The van der Waals surface area contributed by atoms with Gasteiger partial charge >= 0.3 is 0 Å². The first kappa shape index (κ1) is 9.85. The lowest BCUT2D eigenvalue weighted by atomic mass is 10.1. The van der Waals surface area contributed by atoms with E-state index in [1.54, 1.807) is 0 Å². The maximum absolute atomic E-state index is 6.09. The van der Waals surface area contributed by atoms with E-state index in [2.05, 4.69) is 33.9 Å². The van der Waals surface area contributed by atoms with Crippen LogP contribution in [0.1, 0.15) is 30.5 Å². The third-order valence-electron chi connectivity index (χ3n) is 3.44. The van der Waals surface area contributed by atoms with E-state index < -0.39 is 0 Å². The molecular formula is C13H17N3. The summed E-state index contributed by atoms with van der Waals surface area (Å²) in [5, 5.41) is 0. The lowest BCUT2D eigenvalue weighted by Gasteiger charge is -2.08. The van der Waals surface area contributed by atoms with E-state index in [1.807, 2.05) is 6.92 Å². The van der Waals surface area contributed by atoms with Crippen LogP contribution in [0.5, 0.6) is 0 Å². The number of aryl methyl sites for hydroxylation is 2. The number of aromatic nitrogens is 2. The molecule has 16 heavy (non-hydrogen) atoms. The second-order valence-electron chi connectivity index (χ2n) is 5.05. The fourth-order valence-electron chi connectivity index (χ4n) is 2.12. The Morgan fingerprint density at radius 2 is 2.19 bits per heavy atom. The molecule has 0 aromatic carbocycles. The molecule has 0 saturated heterocycles. The zero-order valence-electron chi connectivity index (χ0n) is 9.61. The minimum atomic E-state index is 0.153. The maximum Gasteiger partial charge on any atom is 0.136 e. The summed E-state index contributed by atoms with van der Waals surface area (Å²) in [7, 11) is 0. The van der Waals surface area contributed by atoms with Crippen LogP contribution in [0.2, 0.25) is 0 Å². The Kier molecular flexibility index (Phi) is 2.04. The molecule has 0 radical (unpaired) electrons. The van der Waals surface area contributed by atoms with Gasteiger partial charge in [-0.05, 0) is 44.2 Å². The van der Waals surface area contributed by atoms with Crippen LogP contribution >= 0.6 is 0 Å². The molecule has 0 unspecified atom stereocenters. The van der Waals surface area contributed by atoms with Crippen LogP contribution in [0.3, 0.4) is 0 Å². The SMILES string of the molecule is Cc1cn2cc(CCC3(N)CC3)ccc2n1. The van der Waals surface area contributed by atoms with Crippen molar-refractivity contribution >= 4 is 5.65 Å². The first-order chi connectivity index (χ1) is 7.65. The minimum absolute atomic E-state index is 0.153. The molecule has 84 valence electrons. The van der Waals surface area contributed by atoms with Gasteiger partial charge in [-0.1, -0.05) is 6.07 Å². The van der Waals surface area contributed by atoms with E-state index >= 15 is 0 Å². The molecule has 2 N–H and O–H groups in total. The van der Waals surface area contributed by atoms with E-state index in [-0.39, 0.29) is 5.54 Å². The first-order valence-electron chi connectivity index (χ1n) is 5.88. The number of hydrogen-bond acceptors (Lipinski definition) is 2. The van der Waals surface area contributed by atoms with Gasteiger partial charge in [-0.3, -0.25) is 0 Å². The third kappa shape index (κ3) is 1.83. The summed E-state index contributed by atoms with van der Waals surface area (Å²) in [5.41, 5.74) is 9.68. The normalized spacial score (nSPS) is 17.9. The lowest BCUT2D eigenvalue weighted by molar-refractivity contribution is 0.608. The van der Waals surface area contributed by atoms with Gasteiger partial charge in [0.1, 0.15) is 5.65 Å². The van der Waals surface area contributed by atoms with Crippen molar-refractivity contribution in [2.24, 2.45) is 5.73 Å². The lowest BCUT2D eigenvalue weighted by Crippen LogP contribution is -2.22. The van der Waals surface area contributed by atoms with Crippen molar-refractivity contribution in [2.45, 2.75) is 38.1 Å². The van der Waals surface area contributed by atoms with Crippen LogP contribution in [0.4, 0.5) is 0 Å². The predicted octanol–water partition coefficient (Wildman–Crippen LogP) is 2.07. The summed E-state index contributed by atoms with van der Waals surface area (Å²) < 4.78 is 2.10. The monoisotopic (exact) mass is 215 g/mol. The van der Waals surface area contributed by atoms with Gasteiger partial charge in [0.05, 0.1) is 5.69 Å². The molecule has 0 aliphatic heterocycles. The van der Waals surface area contributed by atoms with Gasteiger partial charge in [0.25, 0.3) is 0 Å². The summed E-state index contributed by atoms with van der Waals surface area (Å²) in [6, 6.07) is 4.24. The van der Waals surface area contributed by atoms with Gasteiger partial charge in [0, 0.05) is 17.9 Å². The Morgan fingerprint density at radius 1 is 1.38 bits per heavy atom. The molecule has 3 rings (SSSR count). The zero-order chi connectivity index (χ0) is 11.2. The third-order valence-corrected chi connectivity index (χ3v) is 3.44. The molecular weight excluding hydrogens is 198 g/mol. The van der Waals surface area contributed by atoms with Gasteiger partial charge in [-0.2, -0.15) is 0 Å². The number of imidazole rings is 1. The first-order valence-corrected chi connectivity index (χ1v) is 5.88. The number of nitrogens with two attached hydrogens (primary N) is 1. The molecule has 0 bridgehead atoms. The molecule has 2 aromatic heterocycles. The van der Waals surface area contributed by atoms with Crippen molar-refractivity contribution < 1.29 is 0 Å². The van der Waals surface area contributed by atoms with Gasteiger partial charge in [-0.15, -0.1) is 0 Å². The molecule has 2 heterocycles. The summed E-state index contributed by atoms with van der Waals surface area (Å²) in [6.07, 6.45) is 8.80. The van der Waals surface area contributed by atoms with Crippen molar-refractivity contribution in [1.82, 2.24) is 9.38 Å². The van der Waals surface area contributed by atoms with E-state index in [0.717, 1.165) is 24.2 Å². The molecule has 1 fully saturated rings. The Morgan fingerprint density at radius 3 is 2.94 bits per heavy atom. The van der Waals surface area contributed by atoms with Gasteiger partial charge in [0.2, 0.25) is 0 Å². The molecule has 1 saturated carbocycles. The highest BCUT2D eigenvalue weighted by atomic mass is 15.0. The summed E-state index contributed by atoms with van der Waals surface area (Å²) >= 11 is 0. The highest BCUT2D eigenvalue weighted by molar-refractivity contribution is 5.41. The topological polar surface area (TPSA) is 43.3 Å². The number of fused-ring (bicyclic) bond motifs is 1.